The van der Waals surface area contributed by atoms with E-state index in [0.717, 1.165) is 13.2 Å². The van der Waals surface area contributed by atoms with Crippen molar-refractivity contribution in [1.29, 1.82) is 0 Å². The summed E-state index contributed by atoms with van der Waals surface area (Å²) >= 11 is 0. The van der Waals surface area contributed by atoms with Crippen molar-refractivity contribution in [3.63, 3.8) is 0 Å². The van der Waals surface area contributed by atoms with Crippen LogP contribution in [-0.4, -0.2) is 45.3 Å². The Morgan fingerprint density at radius 2 is 1.65 bits per heavy atom. The summed E-state index contributed by atoms with van der Waals surface area (Å²) in [5, 5.41) is 3.41. The van der Waals surface area contributed by atoms with Gasteiger partial charge in [-0.15, -0.1) is 0 Å². The van der Waals surface area contributed by atoms with Gasteiger partial charge in [-0.2, -0.15) is 0 Å². The van der Waals surface area contributed by atoms with Crippen LogP contribution in [0.3, 0.4) is 0 Å². The van der Waals surface area contributed by atoms with Crippen LogP contribution >= 0.6 is 0 Å². The number of likely N-dealkylation sites (N-methyl/N-ethyl adjacent to an activating group) is 2. The number of nitrogens with zero attached hydrogens (tertiary/aromatic N) is 1. The molecule has 2 unspecified atom stereocenters. The molecule has 0 saturated heterocycles. The molecule has 20 heavy (non-hydrogen) atoms. The molecule has 3 nitrogen and oxygen atoms in total. The van der Waals surface area contributed by atoms with Crippen molar-refractivity contribution in [3.05, 3.63) is 35.4 Å². The van der Waals surface area contributed by atoms with Gasteiger partial charge in [-0.05, 0) is 38.1 Å². The molecule has 0 spiro atoms. The van der Waals surface area contributed by atoms with E-state index < -0.39 is 0 Å². The highest BCUT2D eigenvalue weighted by Crippen LogP contribution is 2.19. The van der Waals surface area contributed by atoms with Gasteiger partial charge in [-0.25, -0.2) is 0 Å². The number of nitrogens with one attached hydrogen (secondary N) is 1. The van der Waals surface area contributed by atoms with Gasteiger partial charge in [-0.3, -0.25) is 4.90 Å². The zero-order valence-electron chi connectivity index (χ0n) is 13.8. The molecule has 114 valence electrons. The fourth-order valence-corrected chi connectivity index (χ4v) is 2.31. The fraction of sp³-hybridized carbons (Fsp3) is 0.647. The molecule has 0 bridgehead atoms. The van der Waals surface area contributed by atoms with Gasteiger partial charge in [0, 0.05) is 25.7 Å². The lowest BCUT2D eigenvalue weighted by molar-refractivity contribution is 0.110. The standard InChI is InChI=1S/C17H30N2O/c1-13(2)15-7-9-16(10-8-15)17(18-4)11-19(5)14(3)12-20-6/h7-10,13-14,17-18H,11-12H2,1-6H3. The van der Waals surface area contributed by atoms with Crippen molar-refractivity contribution in [1.82, 2.24) is 10.2 Å². The van der Waals surface area contributed by atoms with Crippen molar-refractivity contribution in [2.24, 2.45) is 0 Å². The summed E-state index contributed by atoms with van der Waals surface area (Å²) in [7, 11) is 5.93. The van der Waals surface area contributed by atoms with Crippen LogP contribution in [0.5, 0.6) is 0 Å². The molecule has 0 aliphatic heterocycles. The van der Waals surface area contributed by atoms with Gasteiger partial charge in [0.05, 0.1) is 6.61 Å². The molecule has 0 heterocycles. The molecule has 0 radical (unpaired) electrons. The summed E-state index contributed by atoms with van der Waals surface area (Å²) in [5.74, 6) is 0.585. The van der Waals surface area contributed by atoms with Crippen LogP contribution in [-0.2, 0) is 4.74 Å². The molecule has 0 saturated carbocycles. The third kappa shape index (κ3) is 4.89. The Kier molecular flexibility index (Phi) is 7.20. The second-order valence-electron chi connectivity index (χ2n) is 5.91. The van der Waals surface area contributed by atoms with Crippen LogP contribution in [0.1, 0.15) is 43.9 Å². The van der Waals surface area contributed by atoms with Crippen molar-refractivity contribution < 1.29 is 4.74 Å². The number of methoxy groups -OCH3 is 1. The maximum Gasteiger partial charge on any atom is 0.0615 e. The first-order valence-electron chi connectivity index (χ1n) is 7.45. The number of benzene rings is 1. The summed E-state index contributed by atoms with van der Waals surface area (Å²) in [6.07, 6.45) is 0. The van der Waals surface area contributed by atoms with Crippen LogP contribution in [0.25, 0.3) is 0 Å². The van der Waals surface area contributed by atoms with E-state index in [-0.39, 0.29) is 0 Å². The van der Waals surface area contributed by atoms with E-state index in [1.165, 1.54) is 11.1 Å². The molecule has 0 amide bonds. The number of hydrogen-bond donors (Lipinski definition) is 1. The lowest BCUT2D eigenvalue weighted by Crippen LogP contribution is -2.38. The summed E-state index contributed by atoms with van der Waals surface area (Å²) < 4.78 is 5.23. The maximum atomic E-state index is 5.23. The molecule has 2 atom stereocenters. The molecular weight excluding hydrogens is 248 g/mol. The minimum Gasteiger partial charge on any atom is -0.383 e. The van der Waals surface area contributed by atoms with Crippen molar-refractivity contribution in [2.75, 3.05) is 34.4 Å². The van der Waals surface area contributed by atoms with E-state index in [0.29, 0.717) is 18.0 Å². The van der Waals surface area contributed by atoms with Crippen LogP contribution in [0.15, 0.2) is 24.3 Å². The minimum absolute atomic E-state index is 0.348. The zero-order chi connectivity index (χ0) is 15.1. The number of hydrogen-bond acceptors (Lipinski definition) is 3. The summed E-state index contributed by atoms with van der Waals surface area (Å²) in [5.41, 5.74) is 2.73. The van der Waals surface area contributed by atoms with Crippen LogP contribution in [0, 0.1) is 0 Å². The smallest absolute Gasteiger partial charge is 0.0615 e. The highest BCUT2D eigenvalue weighted by Gasteiger charge is 2.16. The van der Waals surface area contributed by atoms with Gasteiger partial charge in [0.2, 0.25) is 0 Å². The van der Waals surface area contributed by atoms with E-state index in [9.17, 15) is 0 Å². The largest absolute Gasteiger partial charge is 0.383 e. The predicted molar refractivity (Wildman–Crippen MR) is 86.3 cm³/mol. The van der Waals surface area contributed by atoms with Crippen LogP contribution in [0.4, 0.5) is 0 Å². The fourth-order valence-electron chi connectivity index (χ4n) is 2.31. The normalized spacial score (nSPS) is 14.8. The van der Waals surface area contributed by atoms with E-state index in [2.05, 4.69) is 62.3 Å². The average Bonchev–Trinajstić information content (AvgIpc) is 2.44. The number of ether oxygens (including phenoxy) is 1. The molecule has 0 aromatic heterocycles. The highest BCUT2D eigenvalue weighted by molar-refractivity contribution is 5.27. The molecule has 1 N–H and O–H groups in total. The molecule has 0 aliphatic carbocycles. The monoisotopic (exact) mass is 278 g/mol. The Morgan fingerprint density at radius 1 is 1.10 bits per heavy atom. The van der Waals surface area contributed by atoms with E-state index in [4.69, 9.17) is 4.74 Å². The molecule has 1 aromatic rings. The first-order chi connectivity index (χ1) is 9.49. The molecule has 3 heteroatoms. The summed E-state index contributed by atoms with van der Waals surface area (Å²) in [6.45, 7) is 8.38. The summed E-state index contributed by atoms with van der Waals surface area (Å²) in [6, 6.07) is 9.73. The van der Waals surface area contributed by atoms with Crippen molar-refractivity contribution >= 4 is 0 Å². The number of rotatable bonds is 8. The predicted octanol–water partition coefficient (Wildman–Crippen LogP) is 3.04. The van der Waals surface area contributed by atoms with E-state index in [1.54, 1.807) is 7.11 Å². The van der Waals surface area contributed by atoms with Gasteiger partial charge >= 0.3 is 0 Å². The first kappa shape index (κ1) is 17.2. The second kappa shape index (κ2) is 8.40. The van der Waals surface area contributed by atoms with Gasteiger partial charge in [0.15, 0.2) is 0 Å². The quantitative estimate of drug-likeness (QED) is 0.791. The van der Waals surface area contributed by atoms with Gasteiger partial charge in [-0.1, -0.05) is 38.1 Å². The Morgan fingerprint density at radius 3 is 2.10 bits per heavy atom. The Hall–Kier alpha value is -0.900. The molecule has 1 rings (SSSR count). The lowest BCUT2D eigenvalue weighted by Gasteiger charge is -2.29. The summed E-state index contributed by atoms with van der Waals surface area (Å²) in [4.78, 5) is 2.33. The third-order valence-corrected chi connectivity index (χ3v) is 3.98. The highest BCUT2D eigenvalue weighted by atomic mass is 16.5. The lowest BCUT2D eigenvalue weighted by atomic mass is 9.99. The van der Waals surface area contributed by atoms with E-state index >= 15 is 0 Å². The molecule has 0 fully saturated rings. The minimum atomic E-state index is 0.348. The van der Waals surface area contributed by atoms with E-state index in [1.807, 2.05) is 7.05 Å². The SMILES string of the molecule is CNC(CN(C)C(C)COC)c1ccc(C(C)C)cc1. The van der Waals surface area contributed by atoms with Crippen LogP contribution < -0.4 is 5.32 Å². The second-order valence-corrected chi connectivity index (χ2v) is 5.91. The molecule has 1 aromatic carbocycles. The Bertz CT molecular complexity index is 375. The van der Waals surface area contributed by atoms with Gasteiger partial charge < -0.3 is 10.1 Å². The van der Waals surface area contributed by atoms with Crippen molar-refractivity contribution in [2.45, 2.75) is 38.8 Å². The van der Waals surface area contributed by atoms with Crippen molar-refractivity contribution in [3.8, 4) is 0 Å². The Balaban J connectivity index is 2.70. The maximum absolute atomic E-state index is 5.23. The Labute approximate surface area is 124 Å². The van der Waals surface area contributed by atoms with Gasteiger partial charge in [0.1, 0.15) is 0 Å². The average molecular weight is 278 g/mol. The zero-order valence-corrected chi connectivity index (χ0v) is 13.8. The molecule has 0 aliphatic rings. The van der Waals surface area contributed by atoms with Gasteiger partial charge in [0.25, 0.3) is 0 Å². The topological polar surface area (TPSA) is 24.5 Å². The van der Waals surface area contributed by atoms with Crippen LogP contribution in [0.2, 0.25) is 0 Å². The molecular formula is C17H30N2O. The first-order valence-corrected chi connectivity index (χ1v) is 7.45. The third-order valence-electron chi connectivity index (χ3n) is 3.98.